The number of nitrogen functional groups attached to an aromatic ring is 1. The fourth-order valence-electron chi connectivity index (χ4n) is 6.24. The number of nitrogens with one attached hydrogen (secondary N) is 5. The first kappa shape index (κ1) is 73.5. The van der Waals surface area contributed by atoms with Gasteiger partial charge in [0.2, 0.25) is 0 Å². The summed E-state index contributed by atoms with van der Waals surface area (Å²) in [5.74, 6) is -0.0797. The Balaban J connectivity index is -0.000000468. The predicted octanol–water partition coefficient (Wildman–Crippen LogP) is -6.55. The normalized spacial score (nSPS) is 18.4. The summed E-state index contributed by atoms with van der Waals surface area (Å²) in [6, 6.07) is 0. The summed E-state index contributed by atoms with van der Waals surface area (Å²) in [5, 5.41) is 21.2. The minimum absolute atomic E-state index is 0.0797. The molecule has 0 aromatic carbocycles. The summed E-state index contributed by atoms with van der Waals surface area (Å²) in [4.78, 5) is 78.3. The van der Waals surface area contributed by atoms with Crippen LogP contribution in [0.5, 0.6) is 0 Å². The first-order chi connectivity index (χ1) is 31.6. The van der Waals surface area contributed by atoms with Crippen LogP contribution in [0, 0.1) is 0 Å². The number of rotatable bonds is 24. The van der Waals surface area contributed by atoms with Crippen LogP contribution in [0.25, 0.3) is 0 Å². The number of carboxylic acid groups (broad SMARTS) is 1. The van der Waals surface area contributed by atoms with Crippen molar-refractivity contribution in [1.82, 2.24) is 9.55 Å². The molecule has 8 N–H and O–H groups in total. The third-order valence-corrected chi connectivity index (χ3v) is 17.0. The van der Waals surface area contributed by atoms with Crippen LogP contribution in [0.4, 0.5) is 10.6 Å². The Kier molecular flexibility index (Phi) is 44.9. The van der Waals surface area contributed by atoms with Gasteiger partial charge >= 0.3 is 176 Å². The van der Waals surface area contributed by atoms with E-state index in [-0.39, 0.29) is 31.9 Å². The van der Waals surface area contributed by atoms with Gasteiger partial charge in [-0.1, -0.05) is 0 Å². The average molecular weight is 1230 g/mol. The van der Waals surface area contributed by atoms with Crippen molar-refractivity contribution < 1.29 is 122 Å². The number of hydrogen-bond donors (Lipinski definition) is 7. The summed E-state index contributed by atoms with van der Waals surface area (Å²) < 4.78 is 54.4. The van der Waals surface area contributed by atoms with Crippen LogP contribution in [0.2, 0.25) is 0 Å². The molecule has 1 fully saturated rings. The Hall–Kier alpha value is -0.985. The summed E-state index contributed by atoms with van der Waals surface area (Å²) in [6.45, 7) is 51.1. The Morgan fingerprint density at radius 2 is 1.00 bits per heavy atom. The molecule has 0 amide bonds. The first-order valence-electron chi connectivity index (χ1n) is 23.9. The second-order valence-electron chi connectivity index (χ2n) is 15.1. The van der Waals surface area contributed by atoms with Gasteiger partial charge in [-0.2, -0.15) is 0 Å². The van der Waals surface area contributed by atoms with Crippen LogP contribution >= 0.6 is 23.5 Å². The van der Waals surface area contributed by atoms with E-state index in [1.54, 1.807) is 24.5 Å². The van der Waals surface area contributed by atoms with Crippen molar-refractivity contribution in [2.75, 3.05) is 111 Å². The number of aromatic nitrogens is 2. The molecule has 2 rings (SSSR count). The Morgan fingerprint density at radius 1 is 0.676 bits per heavy atom. The van der Waals surface area contributed by atoms with Crippen LogP contribution in [0.1, 0.15) is 110 Å². The Bertz CT molecular complexity index is 1520. The van der Waals surface area contributed by atoms with E-state index in [2.05, 4.69) is 127 Å². The number of hydrogen-bond acceptors (Lipinski definition) is 18. The van der Waals surface area contributed by atoms with Crippen molar-refractivity contribution in [3.63, 3.8) is 0 Å². The molecule has 68 heavy (non-hydrogen) atoms. The molecule has 1 aliphatic heterocycles. The molecule has 0 saturated carbocycles. The quantitative estimate of drug-likeness (QED) is 0.0288. The number of aliphatic hydroxyl groups is 1. The zero-order chi connectivity index (χ0) is 53.8. The predicted molar refractivity (Wildman–Crippen MR) is 247 cm³/mol. The molecular formula is C40H90HgN8O16P3. The van der Waals surface area contributed by atoms with E-state index in [9.17, 15) is 53.1 Å². The maximum absolute atomic E-state index is 12.1. The molecule has 0 aliphatic carbocycles. The van der Waals surface area contributed by atoms with Gasteiger partial charge in [-0.15, -0.1) is 0 Å². The van der Waals surface area contributed by atoms with Gasteiger partial charge < -0.3 is 38.9 Å². The van der Waals surface area contributed by atoms with Gasteiger partial charge in [-0.05, 0) is 104 Å². The topological polar surface area (TPSA) is 333 Å². The molecule has 1 aromatic heterocycles. The summed E-state index contributed by atoms with van der Waals surface area (Å²) in [6.07, 6.45) is -8.39. The molecular weight excluding hydrogens is 1140 g/mol. The molecule has 28 heteroatoms. The van der Waals surface area contributed by atoms with E-state index in [0.29, 0.717) is 3.07 Å². The van der Waals surface area contributed by atoms with Crippen molar-refractivity contribution in [3.05, 3.63) is 16.7 Å². The summed E-state index contributed by atoms with van der Waals surface area (Å²) in [5.41, 5.74) is 4.50. The molecule has 0 bridgehead atoms. The molecule has 1 aromatic rings. The van der Waals surface area contributed by atoms with E-state index >= 15 is 0 Å². The second kappa shape index (κ2) is 41.5. The molecule has 1 aliphatic rings. The SMILES string of the molecule is CC[NH+](CC)CC.CC[NH+](CC)CC.CC[NH+](CC)CC.CC[NH+](CC)CC.CC[NH+](CC)CC.Nc1nc(=O)n([C@H]2O[C@@H](COP(=O)([O-])OP(=O)([O-])OP(=O)([O-])[O-])[C@H](OC(=O)[O-])[C@@H]2O)c[c]1[Hg]. The number of aliphatic hydroxyl groups excluding tert-OH is 1. The average Bonchev–Trinajstić information content (AvgIpc) is 3.57. The number of nitrogens with zero attached hydrogens (tertiary/aromatic N) is 2. The monoisotopic (exact) mass is 1230 g/mol. The van der Waals surface area contributed by atoms with Crippen molar-refractivity contribution >= 4 is 38.5 Å². The van der Waals surface area contributed by atoms with Gasteiger partial charge in [-0.25, -0.2) is 0 Å². The molecule has 6 atom stereocenters. The molecule has 2 heterocycles. The molecule has 24 nitrogen and oxygen atoms in total. The summed E-state index contributed by atoms with van der Waals surface area (Å²) >= 11 is -0.162. The van der Waals surface area contributed by atoms with Gasteiger partial charge in [-0.3, -0.25) is 0 Å². The standard InChI is InChI=1S/C10H15N3O16P3.5C6H15N.Hg/c11-5-1-2-13(9(15)12-5)8-6(14)7(27-10(16)17)4(26-8)3-25-31(21,22)29-32(23,24)28-30(18,19)20;5*1-4-7(5-2)6-3;/h2,4,6-8,14H,3H2,(H,16,17)(H,21,22)(H,23,24)(H2,11,12,15)(H2,18,19,20);5*4-6H2,1-3H3;/t4-,6-,7-,8-;;;;;;/m0....../s1. The van der Waals surface area contributed by atoms with Crippen LogP contribution in [-0.2, 0) is 62.4 Å². The van der Waals surface area contributed by atoms with E-state index in [4.69, 9.17) is 10.5 Å². The van der Waals surface area contributed by atoms with Crippen molar-refractivity contribution in [2.45, 2.75) is 128 Å². The molecule has 0 spiro atoms. The van der Waals surface area contributed by atoms with Crippen molar-refractivity contribution in [1.29, 1.82) is 0 Å². The zero-order valence-corrected chi connectivity index (χ0v) is 52.0. The number of nitrogens with two attached hydrogens (primary N) is 1. The third kappa shape index (κ3) is 35.2. The van der Waals surface area contributed by atoms with E-state index in [1.165, 1.54) is 98.2 Å². The second-order valence-corrected chi connectivity index (χ2v) is 22.3. The molecule has 0 radical (unpaired) electrons. The number of anilines is 1. The number of ether oxygens (including phenoxy) is 2. The number of phosphoric acid groups is 3. The minimum atomic E-state index is -6.25. The van der Waals surface area contributed by atoms with Crippen LogP contribution in [0.3, 0.4) is 0 Å². The maximum atomic E-state index is 12.1. The number of carbonyl (C=O) groups is 1. The van der Waals surface area contributed by atoms with Gasteiger partial charge in [0.25, 0.3) is 0 Å². The Morgan fingerprint density at radius 3 is 1.26 bits per heavy atom. The van der Waals surface area contributed by atoms with E-state index < -0.39 is 66.5 Å². The number of carbonyl (C=O) groups excluding carboxylic acids is 1. The van der Waals surface area contributed by atoms with Crippen molar-refractivity contribution in [3.8, 4) is 0 Å². The number of quaternary nitrogens is 5. The molecule has 403 valence electrons. The summed E-state index contributed by atoms with van der Waals surface area (Å²) in [7, 11) is -18.4. The zero-order valence-electron chi connectivity index (χ0n) is 43.8. The van der Waals surface area contributed by atoms with Crippen LogP contribution < -0.4 is 63.7 Å². The van der Waals surface area contributed by atoms with E-state index in [0.717, 1.165) is 10.8 Å². The number of phosphoric ester groups is 1. The first-order valence-corrected chi connectivity index (χ1v) is 31.1. The van der Waals surface area contributed by atoms with Gasteiger partial charge in [0, 0.05) is 0 Å². The Labute approximate surface area is 423 Å². The van der Waals surface area contributed by atoms with Gasteiger partial charge in [0.05, 0.1) is 106 Å². The molecule has 2 unspecified atom stereocenters. The van der Waals surface area contributed by atoms with Gasteiger partial charge in [0.15, 0.2) is 0 Å². The van der Waals surface area contributed by atoms with Crippen LogP contribution in [0.15, 0.2) is 11.0 Å². The fourth-order valence-corrected chi connectivity index (χ4v) is 10.2. The molecule has 1 saturated heterocycles. The van der Waals surface area contributed by atoms with Gasteiger partial charge in [0.1, 0.15) is 0 Å². The third-order valence-electron chi connectivity index (χ3n) is 11.2. The van der Waals surface area contributed by atoms with Crippen LogP contribution in [-0.4, -0.2) is 144 Å². The van der Waals surface area contributed by atoms with E-state index in [1.807, 2.05) is 0 Å². The van der Waals surface area contributed by atoms with Crippen molar-refractivity contribution in [2.24, 2.45) is 0 Å². The fraction of sp³-hybridized carbons (Fsp3) is 0.875.